The molecule has 1 aromatic rings. The number of hydrogen-bond donors (Lipinski definition) is 1. The lowest BCUT2D eigenvalue weighted by molar-refractivity contribution is -0.141. The van der Waals surface area contributed by atoms with Crippen molar-refractivity contribution in [2.24, 2.45) is 0 Å². The highest BCUT2D eigenvalue weighted by atomic mass is 28.3. The monoisotopic (exact) mass is 389 g/mol. The highest BCUT2D eigenvalue weighted by Gasteiger charge is 2.28. The number of carbonyl (C=O) groups is 2. The molecule has 0 spiro atoms. The minimum atomic E-state index is -1.41. The van der Waals surface area contributed by atoms with Gasteiger partial charge in [-0.25, -0.2) is 4.79 Å². The summed E-state index contributed by atoms with van der Waals surface area (Å²) in [7, 11) is -1.41. The van der Waals surface area contributed by atoms with Crippen molar-refractivity contribution >= 4 is 25.1 Å². The first kappa shape index (κ1) is 21.7. The fourth-order valence-electron chi connectivity index (χ4n) is 3.62. The quantitative estimate of drug-likeness (QED) is 0.354. The number of rotatable bonds is 11. The molecule has 2 rings (SSSR count). The zero-order valence-electron chi connectivity index (χ0n) is 17.2. The van der Waals surface area contributed by atoms with Crippen molar-refractivity contribution in [3.8, 4) is 0 Å². The number of unbranched alkanes of at least 4 members (excludes halogenated alkanes) is 5. The lowest BCUT2D eigenvalue weighted by Gasteiger charge is -2.23. The van der Waals surface area contributed by atoms with Gasteiger partial charge in [-0.05, 0) is 5.56 Å². The SMILES string of the molecule is CCCCCCCC[Si](C)(C)c1ccc(CC(=O)NC2CCOC2=O)cc1. The third-order valence-corrected chi connectivity index (χ3v) is 9.03. The van der Waals surface area contributed by atoms with Gasteiger partial charge in [0.1, 0.15) is 6.04 Å². The molecule has 150 valence electrons. The number of carbonyl (C=O) groups excluding carboxylic acids is 2. The van der Waals surface area contributed by atoms with E-state index < -0.39 is 14.1 Å². The first-order valence-corrected chi connectivity index (χ1v) is 13.7. The van der Waals surface area contributed by atoms with Crippen molar-refractivity contribution < 1.29 is 14.3 Å². The fraction of sp³-hybridized carbons (Fsp3) is 0.636. The van der Waals surface area contributed by atoms with Crippen molar-refractivity contribution in [1.82, 2.24) is 5.32 Å². The Labute approximate surface area is 165 Å². The van der Waals surface area contributed by atoms with Crippen molar-refractivity contribution in [2.45, 2.75) is 83.5 Å². The van der Waals surface area contributed by atoms with Gasteiger partial charge in [0.2, 0.25) is 5.91 Å². The summed E-state index contributed by atoms with van der Waals surface area (Å²) in [5.41, 5.74) is 0.993. The summed E-state index contributed by atoms with van der Waals surface area (Å²) in [6, 6.07) is 9.39. The van der Waals surface area contributed by atoms with Gasteiger partial charge in [0, 0.05) is 6.42 Å². The van der Waals surface area contributed by atoms with Gasteiger partial charge in [0.05, 0.1) is 21.1 Å². The average Bonchev–Trinajstić information content (AvgIpc) is 3.03. The minimum absolute atomic E-state index is 0.116. The average molecular weight is 390 g/mol. The molecule has 0 aliphatic carbocycles. The molecule has 1 aliphatic heterocycles. The number of cyclic esters (lactones) is 1. The number of ether oxygens (including phenoxy) is 1. The van der Waals surface area contributed by atoms with E-state index in [4.69, 9.17) is 4.74 Å². The maximum atomic E-state index is 12.1. The Bertz CT molecular complexity index is 612. The second-order valence-electron chi connectivity index (χ2n) is 8.35. The molecule has 1 aliphatic rings. The Morgan fingerprint density at radius 3 is 2.41 bits per heavy atom. The van der Waals surface area contributed by atoms with Crippen LogP contribution in [0.5, 0.6) is 0 Å². The highest BCUT2D eigenvalue weighted by Crippen LogP contribution is 2.17. The lowest BCUT2D eigenvalue weighted by atomic mass is 10.1. The van der Waals surface area contributed by atoms with Crippen LogP contribution in [0.4, 0.5) is 0 Å². The topological polar surface area (TPSA) is 55.4 Å². The van der Waals surface area contributed by atoms with Gasteiger partial charge in [0.15, 0.2) is 0 Å². The van der Waals surface area contributed by atoms with Crippen molar-refractivity contribution in [2.75, 3.05) is 6.61 Å². The molecule has 1 saturated heterocycles. The van der Waals surface area contributed by atoms with Crippen LogP contribution in [0.25, 0.3) is 0 Å². The zero-order chi connectivity index (χ0) is 19.7. The third kappa shape index (κ3) is 7.13. The van der Waals surface area contributed by atoms with Crippen LogP contribution >= 0.6 is 0 Å². The Morgan fingerprint density at radius 1 is 1.11 bits per heavy atom. The zero-order valence-corrected chi connectivity index (χ0v) is 18.2. The van der Waals surface area contributed by atoms with Gasteiger partial charge in [-0.1, -0.05) is 94.0 Å². The number of esters is 1. The first-order chi connectivity index (χ1) is 12.9. The van der Waals surface area contributed by atoms with Crippen LogP contribution in [-0.2, 0) is 20.7 Å². The van der Waals surface area contributed by atoms with Crippen molar-refractivity contribution in [3.05, 3.63) is 29.8 Å². The van der Waals surface area contributed by atoms with Crippen LogP contribution in [0, 0.1) is 0 Å². The molecule has 0 aromatic heterocycles. The molecule has 1 N–H and O–H groups in total. The van der Waals surface area contributed by atoms with E-state index in [1.807, 2.05) is 0 Å². The summed E-state index contributed by atoms with van der Waals surface area (Å²) < 4.78 is 4.88. The summed E-state index contributed by atoms with van der Waals surface area (Å²) in [6.45, 7) is 7.53. The molecule has 1 aromatic carbocycles. The van der Waals surface area contributed by atoms with E-state index in [-0.39, 0.29) is 11.9 Å². The molecule has 1 atom stereocenters. The Morgan fingerprint density at radius 2 is 1.78 bits per heavy atom. The van der Waals surface area contributed by atoms with Gasteiger partial charge in [-0.3, -0.25) is 4.79 Å². The first-order valence-electron chi connectivity index (χ1n) is 10.5. The van der Waals surface area contributed by atoms with Crippen LogP contribution in [0.3, 0.4) is 0 Å². The predicted molar refractivity (Wildman–Crippen MR) is 113 cm³/mol. The number of benzene rings is 1. The standard InChI is InChI=1S/C22H35NO3Si/c1-4-5-6-7-8-9-16-27(2,3)19-12-10-18(11-13-19)17-21(24)23-20-14-15-26-22(20)25/h10-13,20H,4-9,14-17H2,1-3H3,(H,23,24). The van der Waals surface area contributed by atoms with Crippen LogP contribution in [-0.4, -0.2) is 32.6 Å². The molecule has 0 bridgehead atoms. The summed E-state index contributed by atoms with van der Waals surface area (Å²) in [6.07, 6.45) is 8.94. The maximum absolute atomic E-state index is 12.1. The Balaban J connectivity index is 1.78. The van der Waals surface area contributed by atoms with E-state index in [1.54, 1.807) is 0 Å². The fourth-order valence-corrected chi connectivity index (χ4v) is 6.11. The van der Waals surface area contributed by atoms with E-state index in [0.29, 0.717) is 19.4 Å². The minimum Gasteiger partial charge on any atom is -0.464 e. The molecule has 1 unspecified atom stereocenters. The lowest BCUT2D eigenvalue weighted by Crippen LogP contribution is -2.41. The van der Waals surface area contributed by atoms with Gasteiger partial charge >= 0.3 is 5.97 Å². The van der Waals surface area contributed by atoms with Crippen LogP contribution in [0.1, 0.15) is 57.4 Å². The van der Waals surface area contributed by atoms with Gasteiger partial charge in [-0.2, -0.15) is 0 Å². The summed E-state index contributed by atoms with van der Waals surface area (Å²) in [5.74, 6) is -0.434. The second kappa shape index (κ2) is 10.6. The summed E-state index contributed by atoms with van der Waals surface area (Å²) >= 11 is 0. The molecular formula is C22H35NO3Si. The van der Waals surface area contributed by atoms with E-state index in [0.717, 1.165) is 5.56 Å². The van der Waals surface area contributed by atoms with Gasteiger partial charge in [0.25, 0.3) is 0 Å². The van der Waals surface area contributed by atoms with Crippen molar-refractivity contribution in [3.63, 3.8) is 0 Å². The van der Waals surface area contributed by atoms with E-state index in [9.17, 15) is 9.59 Å². The molecule has 1 heterocycles. The smallest absolute Gasteiger partial charge is 0.328 e. The molecule has 0 radical (unpaired) electrons. The molecule has 27 heavy (non-hydrogen) atoms. The molecule has 4 nitrogen and oxygen atoms in total. The predicted octanol–water partition coefficient (Wildman–Crippen LogP) is 3.94. The normalized spacial score (nSPS) is 17.0. The van der Waals surface area contributed by atoms with Gasteiger partial charge in [-0.15, -0.1) is 0 Å². The van der Waals surface area contributed by atoms with Crippen LogP contribution < -0.4 is 10.5 Å². The number of hydrogen-bond acceptors (Lipinski definition) is 3. The summed E-state index contributed by atoms with van der Waals surface area (Å²) in [4.78, 5) is 23.6. The molecule has 1 fully saturated rings. The molecular weight excluding hydrogens is 354 g/mol. The molecule has 5 heteroatoms. The Kier molecular flexibility index (Phi) is 8.54. The second-order valence-corrected chi connectivity index (χ2v) is 13.2. The maximum Gasteiger partial charge on any atom is 0.328 e. The number of amides is 1. The van der Waals surface area contributed by atoms with E-state index >= 15 is 0 Å². The van der Waals surface area contributed by atoms with Gasteiger partial charge < -0.3 is 10.1 Å². The highest BCUT2D eigenvalue weighted by molar-refractivity contribution is 6.89. The third-order valence-electron chi connectivity index (χ3n) is 5.53. The van der Waals surface area contributed by atoms with E-state index in [2.05, 4.69) is 49.6 Å². The molecule has 0 saturated carbocycles. The van der Waals surface area contributed by atoms with E-state index in [1.165, 1.54) is 49.8 Å². The Hall–Kier alpha value is -1.62. The summed E-state index contributed by atoms with van der Waals surface area (Å²) in [5, 5.41) is 4.22. The van der Waals surface area contributed by atoms with Crippen molar-refractivity contribution in [1.29, 1.82) is 0 Å². The van der Waals surface area contributed by atoms with Crippen LogP contribution in [0.2, 0.25) is 19.1 Å². The molecule has 1 amide bonds. The number of nitrogens with one attached hydrogen (secondary N) is 1. The van der Waals surface area contributed by atoms with Crippen LogP contribution in [0.15, 0.2) is 24.3 Å². The largest absolute Gasteiger partial charge is 0.464 e.